The van der Waals surface area contributed by atoms with Crippen LogP contribution in [-0.4, -0.2) is 36.3 Å². The minimum atomic E-state index is -0.638. The van der Waals surface area contributed by atoms with Crippen molar-refractivity contribution in [2.24, 2.45) is 5.92 Å². The molecule has 29 heavy (non-hydrogen) atoms. The maximum absolute atomic E-state index is 13.8. The van der Waals surface area contributed by atoms with Gasteiger partial charge in [0.1, 0.15) is 11.4 Å². The summed E-state index contributed by atoms with van der Waals surface area (Å²) in [6.07, 6.45) is 1.49. The molecule has 0 radical (unpaired) electrons. The third-order valence-electron chi connectivity index (χ3n) is 5.28. The van der Waals surface area contributed by atoms with Crippen LogP contribution in [0.15, 0.2) is 52.9 Å². The lowest BCUT2D eigenvalue weighted by atomic mass is 9.96. The van der Waals surface area contributed by atoms with Gasteiger partial charge < -0.3 is 14.6 Å². The monoisotopic (exact) mass is 414 g/mol. The van der Waals surface area contributed by atoms with E-state index in [0.29, 0.717) is 31.0 Å². The Kier molecular flexibility index (Phi) is 5.53. The van der Waals surface area contributed by atoms with E-state index in [4.69, 9.17) is 16.0 Å². The number of likely N-dealkylation sites (tertiary alicyclic amines) is 1. The SMILES string of the molecule is O=C(NCC1CCN(C(=O)c2cc3ccccc3o2)CC1)c1c(F)cccc1Cl. The van der Waals surface area contributed by atoms with Crippen molar-refractivity contribution >= 4 is 34.4 Å². The average Bonchev–Trinajstić information content (AvgIpc) is 3.16. The first-order valence-electron chi connectivity index (χ1n) is 9.53. The second-order valence-corrected chi connectivity index (χ2v) is 7.60. The Balaban J connectivity index is 1.31. The van der Waals surface area contributed by atoms with Gasteiger partial charge >= 0.3 is 0 Å². The van der Waals surface area contributed by atoms with Crippen LogP contribution in [-0.2, 0) is 0 Å². The summed E-state index contributed by atoms with van der Waals surface area (Å²) in [5.74, 6) is -0.728. The van der Waals surface area contributed by atoms with Crippen molar-refractivity contribution in [3.05, 3.63) is 70.7 Å². The number of nitrogens with zero attached hydrogens (tertiary/aromatic N) is 1. The third kappa shape index (κ3) is 4.12. The molecule has 0 bridgehead atoms. The van der Waals surface area contributed by atoms with Gasteiger partial charge in [0, 0.05) is 25.0 Å². The lowest BCUT2D eigenvalue weighted by molar-refractivity contribution is 0.0655. The Labute approximate surface area is 172 Å². The number of carbonyl (C=O) groups excluding carboxylic acids is 2. The van der Waals surface area contributed by atoms with Crippen LogP contribution < -0.4 is 5.32 Å². The molecule has 2 amide bonds. The maximum Gasteiger partial charge on any atom is 0.289 e. The number of rotatable bonds is 4. The van der Waals surface area contributed by atoms with Crippen molar-refractivity contribution in [1.82, 2.24) is 10.2 Å². The highest BCUT2D eigenvalue weighted by Crippen LogP contribution is 2.24. The van der Waals surface area contributed by atoms with Gasteiger partial charge in [0.25, 0.3) is 11.8 Å². The fourth-order valence-corrected chi connectivity index (χ4v) is 3.87. The number of hydrogen-bond acceptors (Lipinski definition) is 3. The number of hydrogen-bond donors (Lipinski definition) is 1. The van der Waals surface area contributed by atoms with Crippen LogP contribution in [0.2, 0.25) is 5.02 Å². The molecule has 1 aromatic heterocycles. The van der Waals surface area contributed by atoms with Crippen molar-refractivity contribution in [2.75, 3.05) is 19.6 Å². The lowest BCUT2D eigenvalue weighted by Crippen LogP contribution is -2.41. The molecule has 0 atom stereocenters. The fourth-order valence-electron chi connectivity index (χ4n) is 3.62. The van der Waals surface area contributed by atoms with E-state index in [1.54, 1.807) is 11.0 Å². The maximum atomic E-state index is 13.8. The molecule has 0 spiro atoms. The normalized spacial score (nSPS) is 14.9. The van der Waals surface area contributed by atoms with E-state index in [0.717, 1.165) is 18.2 Å². The number of carbonyl (C=O) groups is 2. The molecule has 0 unspecified atom stereocenters. The van der Waals surface area contributed by atoms with Gasteiger partial charge in [0.15, 0.2) is 5.76 Å². The van der Waals surface area contributed by atoms with E-state index in [-0.39, 0.29) is 22.4 Å². The standard InChI is InChI=1S/C22H20ClFN2O3/c23-16-5-3-6-17(24)20(16)21(27)25-13-14-8-10-26(11-9-14)22(28)19-12-15-4-1-2-7-18(15)29-19/h1-7,12,14H,8-11,13H2,(H,25,27). The number of furan rings is 1. The molecule has 5 nitrogen and oxygen atoms in total. The zero-order valence-corrected chi connectivity index (χ0v) is 16.4. The first kappa shape index (κ1) is 19.5. The molecule has 0 saturated carbocycles. The van der Waals surface area contributed by atoms with Gasteiger partial charge in [-0.2, -0.15) is 0 Å². The van der Waals surface area contributed by atoms with Crippen LogP contribution in [0, 0.1) is 11.7 Å². The van der Waals surface area contributed by atoms with Crippen LogP contribution in [0.3, 0.4) is 0 Å². The number of halogens is 2. The molecule has 7 heteroatoms. The highest BCUT2D eigenvalue weighted by atomic mass is 35.5. The molecule has 2 heterocycles. The van der Waals surface area contributed by atoms with Crippen molar-refractivity contribution in [3.8, 4) is 0 Å². The number of piperidine rings is 1. The Bertz CT molecular complexity index is 1000. The number of nitrogens with one attached hydrogen (secondary N) is 1. The Morgan fingerprint density at radius 1 is 1.14 bits per heavy atom. The zero-order chi connectivity index (χ0) is 20.4. The molecule has 2 aromatic carbocycles. The predicted octanol–water partition coefficient (Wildman–Crippen LogP) is 4.51. The van der Waals surface area contributed by atoms with Gasteiger partial charge in [0.2, 0.25) is 0 Å². The molecule has 1 fully saturated rings. The second kappa shape index (κ2) is 8.25. The van der Waals surface area contributed by atoms with Crippen LogP contribution in [0.5, 0.6) is 0 Å². The van der Waals surface area contributed by atoms with Gasteiger partial charge in [0.05, 0.1) is 10.6 Å². The Hall–Kier alpha value is -2.86. The highest BCUT2D eigenvalue weighted by Gasteiger charge is 2.26. The van der Waals surface area contributed by atoms with E-state index in [1.165, 1.54) is 18.2 Å². The van der Waals surface area contributed by atoms with E-state index in [9.17, 15) is 14.0 Å². The minimum absolute atomic E-state index is 0.0914. The number of amides is 2. The summed E-state index contributed by atoms with van der Waals surface area (Å²) >= 11 is 5.93. The number of para-hydroxylation sites is 1. The fraction of sp³-hybridized carbons (Fsp3) is 0.273. The molecule has 1 aliphatic rings. The minimum Gasteiger partial charge on any atom is -0.451 e. The van der Waals surface area contributed by atoms with Crippen LogP contribution in [0.25, 0.3) is 11.0 Å². The van der Waals surface area contributed by atoms with Gasteiger partial charge in [-0.3, -0.25) is 9.59 Å². The zero-order valence-electron chi connectivity index (χ0n) is 15.7. The summed E-state index contributed by atoms with van der Waals surface area (Å²) in [5, 5.41) is 3.75. The van der Waals surface area contributed by atoms with Crippen molar-refractivity contribution in [3.63, 3.8) is 0 Å². The van der Waals surface area contributed by atoms with Crippen molar-refractivity contribution in [1.29, 1.82) is 0 Å². The summed E-state index contributed by atoms with van der Waals surface area (Å²) in [6, 6.07) is 13.4. The largest absolute Gasteiger partial charge is 0.451 e. The highest BCUT2D eigenvalue weighted by molar-refractivity contribution is 6.33. The van der Waals surface area contributed by atoms with E-state index in [2.05, 4.69) is 5.32 Å². The van der Waals surface area contributed by atoms with Gasteiger partial charge in [-0.25, -0.2) is 4.39 Å². The first-order chi connectivity index (χ1) is 14.0. The van der Waals surface area contributed by atoms with Gasteiger partial charge in [-0.15, -0.1) is 0 Å². The molecule has 1 saturated heterocycles. The van der Waals surface area contributed by atoms with Crippen LogP contribution in [0.4, 0.5) is 4.39 Å². The lowest BCUT2D eigenvalue weighted by Gasteiger charge is -2.31. The second-order valence-electron chi connectivity index (χ2n) is 7.19. The van der Waals surface area contributed by atoms with E-state index in [1.807, 2.05) is 24.3 Å². The van der Waals surface area contributed by atoms with Crippen LogP contribution >= 0.6 is 11.6 Å². The third-order valence-corrected chi connectivity index (χ3v) is 5.59. The summed E-state index contributed by atoms with van der Waals surface area (Å²) in [5.41, 5.74) is 0.562. The molecule has 4 rings (SSSR count). The van der Waals surface area contributed by atoms with Crippen LogP contribution in [0.1, 0.15) is 33.8 Å². The molecule has 1 aliphatic heterocycles. The summed E-state index contributed by atoms with van der Waals surface area (Å²) in [7, 11) is 0. The topological polar surface area (TPSA) is 62.6 Å². The number of fused-ring (bicyclic) bond motifs is 1. The predicted molar refractivity (Wildman–Crippen MR) is 109 cm³/mol. The molecular formula is C22H20ClFN2O3. The Morgan fingerprint density at radius 2 is 1.90 bits per heavy atom. The molecule has 150 valence electrons. The van der Waals surface area contributed by atoms with Gasteiger partial charge in [-0.05, 0) is 43.0 Å². The number of benzene rings is 2. The molecule has 3 aromatic rings. The molecular weight excluding hydrogens is 395 g/mol. The van der Waals surface area contributed by atoms with Crippen molar-refractivity contribution in [2.45, 2.75) is 12.8 Å². The first-order valence-corrected chi connectivity index (χ1v) is 9.91. The summed E-state index contributed by atoms with van der Waals surface area (Å²) in [6.45, 7) is 1.57. The molecule has 1 N–H and O–H groups in total. The Morgan fingerprint density at radius 3 is 2.62 bits per heavy atom. The smallest absolute Gasteiger partial charge is 0.289 e. The average molecular weight is 415 g/mol. The summed E-state index contributed by atoms with van der Waals surface area (Å²) in [4.78, 5) is 26.7. The quantitative estimate of drug-likeness (QED) is 0.683. The van der Waals surface area contributed by atoms with Gasteiger partial charge in [-0.1, -0.05) is 35.9 Å². The van der Waals surface area contributed by atoms with Crippen molar-refractivity contribution < 1.29 is 18.4 Å². The van der Waals surface area contributed by atoms with E-state index < -0.39 is 11.7 Å². The summed E-state index contributed by atoms with van der Waals surface area (Å²) < 4.78 is 19.5. The molecule has 0 aliphatic carbocycles. The van der Waals surface area contributed by atoms with E-state index >= 15 is 0 Å².